The van der Waals surface area contributed by atoms with Crippen LogP contribution in [0.3, 0.4) is 0 Å². The molecule has 4 rings (SSSR count). The zero-order chi connectivity index (χ0) is 14.9. The van der Waals surface area contributed by atoms with E-state index in [1.807, 2.05) is 48.5 Å². The van der Waals surface area contributed by atoms with Gasteiger partial charge in [-0.2, -0.15) is 4.98 Å². The lowest BCUT2D eigenvalue weighted by atomic mass is 10.1. The molecule has 1 aromatic heterocycles. The van der Waals surface area contributed by atoms with Crippen LogP contribution in [0.1, 0.15) is 11.4 Å². The van der Waals surface area contributed by atoms with E-state index in [-0.39, 0.29) is 0 Å². The van der Waals surface area contributed by atoms with Crippen molar-refractivity contribution in [2.45, 2.75) is 0 Å². The molecule has 1 aliphatic rings. The van der Waals surface area contributed by atoms with Crippen LogP contribution in [0.15, 0.2) is 53.1 Å². The Hall–Kier alpha value is -3.08. The molecule has 2 heterocycles. The maximum atomic E-state index is 5.94. The Morgan fingerprint density at radius 3 is 2.73 bits per heavy atom. The maximum Gasteiger partial charge on any atom is 0.260 e. The van der Waals surface area contributed by atoms with Gasteiger partial charge < -0.3 is 15.0 Å². The molecule has 2 aromatic carbocycles. The quantitative estimate of drug-likeness (QED) is 0.734. The van der Waals surface area contributed by atoms with Crippen LogP contribution in [0.2, 0.25) is 0 Å². The topological polar surface area (TPSA) is 74.2 Å². The highest BCUT2D eigenvalue weighted by Gasteiger charge is 2.18. The van der Waals surface area contributed by atoms with Gasteiger partial charge in [-0.15, -0.1) is 0 Å². The normalized spacial score (nSPS) is 13.2. The Balaban J connectivity index is 1.71. The number of nitrogens with zero attached hydrogens (tertiary/aromatic N) is 2. The molecule has 0 aliphatic carbocycles. The first-order valence-electron chi connectivity index (χ1n) is 6.92. The minimum atomic E-state index is 0.410. The fourth-order valence-corrected chi connectivity index (χ4v) is 2.40. The molecular weight excluding hydrogens is 278 g/mol. The van der Waals surface area contributed by atoms with E-state index in [4.69, 9.17) is 15.0 Å². The lowest BCUT2D eigenvalue weighted by Crippen LogP contribution is -2.07. The molecule has 0 fully saturated rings. The summed E-state index contributed by atoms with van der Waals surface area (Å²) in [6, 6.07) is 15.3. The summed E-state index contributed by atoms with van der Waals surface area (Å²) in [7, 11) is 0. The molecule has 0 saturated carbocycles. The molecule has 1 aliphatic heterocycles. The van der Waals surface area contributed by atoms with E-state index in [2.05, 4.69) is 10.1 Å². The standard InChI is InChI=1S/C17H13N3O2/c18-14-7-3-2-6-13(14)17-19-16(20-22-17)12-9-11-5-1-4-8-15(11)21-10-12/h1-9H,10,18H2. The Morgan fingerprint density at radius 2 is 1.82 bits per heavy atom. The zero-order valence-electron chi connectivity index (χ0n) is 11.7. The summed E-state index contributed by atoms with van der Waals surface area (Å²) in [5.74, 6) is 1.79. The summed E-state index contributed by atoms with van der Waals surface area (Å²) in [4.78, 5) is 4.43. The summed E-state index contributed by atoms with van der Waals surface area (Å²) in [6.45, 7) is 0.417. The van der Waals surface area contributed by atoms with Crippen LogP contribution in [0.25, 0.3) is 23.1 Å². The first-order valence-corrected chi connectivity index (χ1v) is 6.92. The molecule has 3 aromatic rings. The van der Waals surface area contributed by atoms with Crippen molar-refractivity contribution < 1.29 is 9.26 Å². The van der Waals surface area contributed by atoms with E-state index < -0.39 is 0 Å². The smallest absolute Gasteiger partial charge is 0.260 e. The summed E-state index contributed by atoms with van der Waals surface area (Å²) in [6.07, 6.45) is 2.02. The number of nitrogen functional groups attached to an aromatic ring is 1. The Bertz CT molecular complexity index is 868. The van der Waals surface area contributed by atoms with Crippen LogP contribution < -0.4 is 10.5 Å². The van der Waals surface area contributed by atoms with Crippen molar-refractivity contribution in [1.82, 2.24) is 10.1 Å². The van der Waals surface area contributed by atoms with Gasteiger partial charge in [0, 0.05) is 16.8 Å². The molecule has 0 bridgehead atoms. The first-order chi connectivity index (χ1) is 10.8. The molecule has 22 heavy (non-hydrogen) atoms. The van der Waals surface area contributed by atoms with Gasteiger partial charge in [-0.05, 0) is 24.3 Å². The van der Waals surface area contributed by atoms with Crippen molar-refractivity contribution >= 4 is 17.3 Å². The average molecular weight is 291 g/mol. The highest BCUT2D eigenvalue weighted by molar-refractivity contribution is 5.83. The maximum absolute atomic E-state index is 5.94. The zero-order valence-corrected chi connectivity index (χ0v) is 11.7. The van der Waals surface area contributed by atoms with Crippen molar-refractivity contribution in [3.63, 3.8) is 0 Å². The Labute approximate surface area is 127 Å². The van der Waals surface area contributed by atoms with Crippen molar-refractivity contribution in [2.24, 2.45) is 0 Å². The molecule has 0 unspecified atom stereocenters. The highest BCUT2D eigenvalue weighted by atomic mass is 16.5. The number of para-hydroxylation sites is 2. The molecule has 0 saturated heterocycles. The second kappa shape index (κ2) is 5.04. The van der Waals surface area contributed by atoms with E-state index in [1.54, 1.807) is 6.07 Å². The van der Waals surface area contributed by atoms with Gasteiger partial charge >= 0.3 is 0 Å². The van der Waals surface area contributed by atoms with Gasteiger partial charge in [0.2, 0.25) is 5.82 Å². The third-order valence-electron chi connectivity index (χ3n) is 3.54. The van der Waals surface area contributed by atoms with Crippen LogP contribution in [0, 0.1) is 0 Å². The number of hydrogen-bond donors (Lipinski definition) is 1. The second-order valence-electron chi connectivity index (χ2n) is 5.01. The lowest BCUT2D eigenvalue weighted by Gasteiger charge is -2.15. The van der Waals surface area contributed by atoms with Gasteiger partial charge in [0.1, 0.15) is 12.4 Å². The molecule has 108 valence electrons. The van der Waals surface area contributed by atoms with Gasteiger partial charge in [0.05, 0.1) is 5.56 Å². The van der Waals surface area contributed by atoms with Crippen LogP contribution in [-0.4, -0.2) is 16.7 Å². The van der Waals surface area contributed by atoms with Crippen LogP contribution in [-0.2, 0) is 0 Å². The van der Waals surface area contributed by atoms with Gasteiger partial charge in [-0.1, -0.05) is 35.5 Å². The van der Waals surface area contributed by atoms with Crippen LogP contribution >= 0.6 is 0 Å². The molecular formula is C17H13N3O2. The number of nitrogens with two attached hydrogens (primary N) is 1. The summed E-state index contributed by atoms with van der Waals surface area (Å²) in [5, 5.41) is 4.04. The molecule has 0 radical (unpaired) electrons. The third-order valence-corrected chi connectivity index (χ3v) is 3.54. The van der Waals surface area contributed by atoms with Crippen molar-refractivity contribution in [2.75, 3.05) is 12.3 Å². The van der Waals surface area contributed by atoms with Crippen LogP contribution in [0.5, 0.6) is 5.75 Å². The summed E-state index contributed by atoms with van der Waals surface area (Å²) < 4.78 is 11.0. The molecule has 2 N–H and O–H groups in total. The van der Waals surface area contributed by atoms with Gasteiger partial charge in [0.25, 0.3) is 5.89 Å². The Kier molecular flexibility index (Phi) is 2.89. The largest absolute Gasteiger partial charge is 0.488 e. The number of anilines is 1. The molecule has 0 atom stereocenters. The van der Waals surface area contributed by atoms with Crippen LogP contribution in [0.4, 0.5) is 5.69 Å². The summed E-state index contributed by atoms with van der Waals surface area (Å²) in [5.41, 5.74) is 9.17. The average Bonchev–Trinajstić information content (AvgIpc) is 3.04. The number of fused-ring (bicyclic) bond motifs is 1. The Morgan fingerprint density at radius 1 is 1.00 bits per heavy atom. The first kappa shape index (κ1) is 12.6. The SMILES string of the molecule is Nc1ccccc1-c1nc(C2=Cc3ccccc3OC2)no1. The predicted molar refractivity (Wildman–Crippen MR) is 84.0 cm³/mol. The molecule has 5 heteroatoms. The number of ether oxygens (including phenoxy) is 1. The number of rotatable bonds is 2. The van der Waals surface area contributed by atoms with Gasteiger partial charge in [-0.25, -0.2) is 0 Å². The molecule has 0 amide bonds. The monoisotopic (exact) mass is 291 g/mol. The number of benzene rings is 2. The third kappa shape index (κ3) is 2.13. The fourth-order valence-electron chi connectivity index (χ4n) is 2.40. The van der Waals surface area contributed by atoms with Gasteiger partial charge in [0.15, 0.2) is 0 Å². The molecule has 5 nitrogen and oxygen atoms in total. The van der Waals surface area contributed by atoms with Crippen molar-refractivity contribution in [1.29, 1.82) is 0 Å². The lowest BCUT2D eigenvalue weighted by molar-refractivity contribution is 0.363. The minimum absolute atomic E-state index is 0.410. The van der Waals surface area contributed by atoms with E-state index in [0.717, 1.165) is 22.4 Å². The second-order valence-corrected chi connectivity index (χ2v) is 5.01. The molecule has 0 spiro atoms. The van der Waals surface area contributed by atoms with E-state index in [0.29, 0.717) is 24.0 Å². The summed E-state index contributed by atoms with van der Waals surface area (Å²) >= 11 is 0. The van der Waals surface area contributed by atoms with Crippen molar-refractivity contribution in [3.05, 3.63) is 59.9 Å². The van der Waals surface area contributed by atoms with Crippen molar-refractivity contribution in [3.8, 4) is 17.2 Å². The highest BCUT2D eigenvalue weighted by Crippen LogP contribution is 2.30. The predicted octanol–water partition coefficient (Wildman–Crippen LogP) is 3.25. The van der Waals surface area contributed by atoms with E-state index in [1.165, 1.54) is 0 Å². The number of hydrogen-bond acceptors (Lipinski definition) is 5. The van der Waals surface area contributed by atoms with E-state index >= 15 is 0 Å². The fraction of sp³-hybridized carbons (Fsp3) is 0.0588. The number of aromatic nitrogens is 2. The van der Waals surface area contributed by atoms with Gasteiger partial charge in [-0.3, -0.25) is 0 Å². The minimum Gasteiger partial charge on any atom is -0.488 e. The van der Waals surface area contributed by atoms with E-state index in [9.17, 15) is 0 Å².